The molecule has 3 nitrogen and oxygen atoms in total. The van der Waals surface area contributed by atoms with E-state index in [9.17, 15) is 4.79 Å². The van der Waals surface area contributed by atoms with Gasteiger partial charge >= 0.3 is 5.97 Å². The number of carbonyl (C=O) groups excluding carboxylic acids is 1. The maximum Gasteiger partial charge on any atom is 0.352 e. The third-order valence-electron chi connectivity index (χ3n) is 2.26. The Kier molecular flexibility index (Phi) is 3.08. The summed E-state index contributed by atoms with van der Waals surface area (Å²) in [6.07, 6.45) is -0.604. The molecular formula is C11H8Cl2O3. The van der Waals surface area contributed by atoms with Gasteiger partial charge in [-0.25, -0.2) is 4.79 Å². The number of hydrogen-bond donors (Lipinski definition) is 0. The molecular weight excluding hydrogens is 251 g/mol. The summed E-state index contributed by atoms with van der Waals surface area (Å²) in [5.74, 6) is 0.131. The smallest absolute Gasteiger partial charge is 0.352 e. The SMILES string of the molecule is COc1ccc(C2OC(=O)C(Cl)=C2Cl)cc1. The quantitative estimate of drug-likeness (QED) is 0.766. The van der Waals surface area contributed by atoms with E-state index in [4.69, 9.17) is 32.7 Å². The molecule has 0 saturated carbocycles. The molecule has 5 heteroatoms. The zero-order chi connectivity index (χ0) is 11.7. The van der Waals surface area contributed by atoms with Crippen molar-refractivity contribution >= 4 is 29.2 Å². The number of carbonyl (C=O) groups is 1. The minimum atomic E-state index is -0.604. The number of cyclic esters (lactones) is 1. The first-order valence-electron chi connectivity index (χ1n) is 4.53. The zero-order valence-electron chi connectivity index (χ0n) is 8.37. The third-order valence-corrected chi connectivity index (χ3v) is 3.10. The summed E-state index contributed by atoms with van der Waals surface area (Å²) < 4.78 is 10.0. The minimum absolute atomic E-state index is 0.0533. The van der Waals surface area contributed by atoms with Gasteiger partial charge in [0.2, 0.25) is 0 Å². The first-order valence-corrected chi connectivity index (χ1v) is 5.29. The van der Waals surface area contributed by atoms with Crippen molar-refractivity contribution in [2.45, 2.75) is 6.10 Å². The van der Waals surface area contributed by atoms with Crippen molar-refractivity contribution in [3.8, 4) is 5.75 Å². The lowest BCUT2D eigenvalue weighted by atomic mass is 10.1. The number of methoxy groups -OCH3 is 1. The van der Waals surface area contributed by atoms with Gasteiger partial charge in [-0.1, -0.05) is 35.3 Å². The van der Waals surface area contributed by atoms with Gasteiger partial charge in [-0.2, -0.15) is 0 Å². The molecule has 84 valence electrons. The van der Waals surface area contributed by atoms with Crippen molar-refractivity contribution in [1.29, 1.82) is 0 Å². The molecule has 1 atom stereocenters. The normalized spacial score (nSPS) is 19.9. The molecule has 1 unspecified atom stereocenters. The summed E-state index contributed by atoms with van der Waals surface area (Å²) in [6.45, 7) is 0. The van der Waals surface area contributed by atoms with Crippen LogP contribution in [0.4, 0.5) is 0 Å². The van der Waals surface area contributed by atoms with E-state index in [2.05, 4.69) is 0 Å². The highest BCUT2D eigenvalue weighted by atomic mass is 35.5. The number of ether oxygens (including phenoxy) is 2. The third kappa shape index (κ3) is 1.88. The molecule has 0 N–H and O–H groups in total. The van der Waals surface area contributed by atoms with Gasteiger partial charge in [0.25, 0.3) is 0 Å². The summed E-state index contributed by atoms with van der Waals surface area (Å²) in [4.78, 5) is 11.2. The lowest BCUT2D eigenvalue weighted by Gasteiger charge is -2.10. The Bertz CT molecular complexity index is 451. The molecule has 1 aliphatic heterocycles. The average molecular weight is 259 g/mol. The van der Waals surface area contributed by atoms with Gasteiger partial charge in [0.1, 0.15) is 10.8 Å². The summed E-state index contributed by atoms with van der Waals surface area (Å²) in [5, 5.41) is 0.166. The molecule has 1 aromatic carbocycles. The van der Waals surface area contributed by atoms with Crippen LogP contribution in [-0.4, -0.2) is 13.1 Å². The predicted octanol–water partition coefficient (Wildman–Crippen LogP) is 2.98. The number of hydrogen-bond acceptors (Lipinski definition) is 3. The Morgan fingerprint density at radius 1 is 1.25 bits per heavy atom. The summed E-state index contributed by atoms with van der Waals surface area (Å²) >= 11 is 11.6. The van der Waals surface area contributed by atoms with Crippen molar-refractivity contribution in [1.82, 2.24) is 0 Å². The van der Waals surface area contributed by atoms with Gasteiger partial charge < -0.3 is 9.47 Å². The zero-order valence-corrected chi connectivity index (χ0v) is 9.88. The Morgan fingerprint density at radius 2 is 1.88 bits per heavy atom. The maximum atomic E-state index is 11.2. The summed E-state index contributed by atoms with van der Waals surface area (Å²) in [5.41, 5.74) is 0.759. The fourth-order valence-corrected chi connectivity index (χ4v) is 1.81. The van der Waals surface area contributed by atoms with Crippen molar-refractivity contribution in [3.63, 3.8) is 0 Å². The molecule has 1 aromatic rings. The van der Waals surface area contributed by atoms with Crippen LogP contribution in [0.1, 0.15) is 11.7 Å². The van der Waals surface area contributed by atoms with Gasteiger partial charge in [-0.3, -0.25) is 0 Å². The van der Waals surface area contributed by atoms with E-state index in [0.29, 0.717) is 0 Å². The van der Waals surface area contributed by atoms with E-state index in [1.54, 1.807) is 31.4 Å². The van der Waals surface area contributed by atoms with Crippen molar-refractivity contribution < 1.29 is 14.3 Å². The van der Waals surface area contributed by atoms with Gasteiger partial charge in [0, 0.05) is 0 Å². The monoisotopic (exact) mass is 258 g/mol. The van der Waals surface area contributed by atoms with Gasteiger partial charge in [0.05, 0.1) is 12.1 Å². The Balaban J connectivity index is 2.29. The molecule has 0 radical (unpaired) electrons. The number of rotatable bonds is 2. The molecule has 1 aliphatic rings. The summed E-state index contributed by atoms with van der Waals surface area (Å²) in [7, 11) is 1.58. The fourth-order valence-electron chi connectivity index (χ4n) is 1.42. The summed E-state index contributed by atoms with van der Waals surface area (Å²) in [6, 6.07) is 7.07. The highest BCUT2D eigenvalue weighted by Crippen LogP contribution is 2.39. The van der Waals surface area contributed by atoms with Crippen LogP contribution in [0, 0.1) is 0 Å². The molecule has 0 aromatic heterocycles. The van der Waals surface area contributed by atoms with Crippen LogP contribution in [0.2, 0.25) is 0 Å². The maximum absolute atomic E-state index is 11.2. The molecule has 0 amide bonds. The average Bonchev–Trinajstić information content (AvgIpc) is 2.57. The van der Waals surface area contributed by atoms with Crippen LogP contribution in [0.5, 0.6) is 5.75 Å². The molecule has 1 heterocycles. The molecule has 0 aliphatic carbocycles. The first-order chi connectivity index (χ1) is 7.63. The van der Waals surface area contributed by atoms with Crippen LogP contribution in [0.25, 0.3) is 0 Å². The van der Waals surface area contributed by atoms with E-state index in [1.807, 2.05) is 0 Å². The largest absolute Gasteiger partial charge is 0.497 e. The Labute approximate surface area is 103 Å². The first kappa shape index (κ1) is 11.3. The second-order valence-corrected chi connectivity index (χ2v) is 4.01. The van der Waals surface area contributed by atoms with Gasteiger partial charge in [-0.05, 0) is 17.7 Å². The van der Waals surface area contributed by atoms with Crippen LogP contribution >= 0.6 is 23.2 Å². The minimum Gasteiger partial charge on any atom is -0.497 e. The molecule has 0 fully saturated rings. The van der Waals surface area contributed by atoms with Crippen molar-refractivity contribution in [2.75, 3.05) is 7.11 Å². The van der Waals surface area contributed by atoms with Crippen molar-refractivity contribution in [3.05, 3.63) is 39.9 Å². The van der Waals surface area contributed by atoms with E-state index in [1.165, 1.54) is 0 Å². The standard InChI is InChI=1S/C11H8Cl2O3/c1-15-7-4-2-6(3-5-7)10-8(12)9(13)11(14)16-10/h2-5,10H,1H3. The molecule has 2 rings (SSSR count). The number of benzene rings is 1. The lowest BCUT2D eigenvalue weighted by molar-refractivity contribution is -0.139. The second kappa shape index (κ2) is 4.36. The van der Waals surface area contributed by atoms with Crippen LogP contribution < -0.4 is 4.74 Å². The lowest BCUT2D eigenvalue weighted by Crippen LogP contribution is -2.01. The predicted molar refractivity (Wildman–Crippen MR) is 60.6 cm³/mol. The van der Waals surface area contributed by atoms with Crippen molar-refractivity contribution in [2.24, 2.45) is 0 Å². The van der Waals surface area contributed by atoms with Gasteiger partial charge in [-0.15, -0.1) is 0 Å². The molecule has 0 saturated heterocycles. The van der Waals surface area contributed by atoms with Crippen LogP contribution in [0.15, 0.2) is 34.3 Å². The molecule has 0 spiro atoms. The molecule has 0 bridgehead atoms. The van der Waals surface area contributed by atoms with Crippen LogP contribution in [0.3, 0.4) is 0 Å². The van der Waals surface area contributed by atoms with E-state index in [-0.39, 0.29) is 10.1 Å². The van der Waals surface area contributed by atoms with E-state index < -0.39 is 12.1 Å². The number of esters is 1. The van der Waals surface area contributed by atoms with E-state index >= 15 is 0 Å². The van der Waals surface area contributed by atoms with E-state index in [0.717, 1.165) is 11.3 Å². The second-order valence-electron chi connectivity index (χ2n) is 3.22. The Hall–Kier alpha value is -1.19. The van der Waals surface area contributed by atoms with Gasteiger partial charge in [0.15, 0.2) is 6.10 Å². The highest BCUT2D eigenvalue weighted by molar-refractivity contribution is 6.48. The molecule has 16 heavy (non-hydrogen) atoms. The topological polar surface area (TPSA) is 35.5 Å². The number of halogens is 2. The fraction of sp³-hybridized carbons (Fsp3) is 0.182. The highest BCUT2D eigenvalue weighted by Gasteiger charge is 2.33. The van der Waals surface area contributed by atoms with Crippen LogP contribution in [-0.2, 0) is 9.53 Å². The Morgan fingerprint density at radius 3 is 2.31 bits per heavy atom.